The first-order valence-corrected chi connectivity index (χ1v) is 4.76. The lowest BCUT2D eigenvalue weighted by Gasteiger charge is -2.21. The highest BCUT2D eigenvalue weighted by Crippen LogP contribution is 2.35. The summed E-state index contributed by atoms with van der Waals surface area (Å²) in [4.78, 5) is 2.22. The molecule has 0 rings (SSSR count). The van der Waals surface area contributed by atoms with Crippen molar-refractivity contribution < 1.29 is 17.4 Å². The fourth-order valence-corrected chi connectivity index (χ4v) is 1.72. The summed E-state index contributed by atoms with van der Waals surface area (Å²) in [5, 5.41) is 0. The second-order valence-corrected chi connectivity index (χ2v) is 6.17. The molecule has 0 aliphatic heterocycles. The maximum absolute atomic E-state index is 12.3. The molecule has 1 unspecified atom stereocenters. The van der Waals surface area contributed by atoms with Crippen LogP contribution in [0.4, 0.5) is 13.2 Å². The highest BCUT2D eigenvalue weighted by molar-refractivity contribution is 7.95. The van der Waals surface area contributed by atoms with Crippen LogP contribution in [0.25, 0.3) is 4.95 Å². The molecule has 0 fully saturated rings. The summed E-state index contributed by atoms with van der Waals surface area (Å²) in [5.74, 6) is 0. The number of halogens is 3. The third-order valence-corrected chi connectivity index (χ3v) is 3.90. The monoisotopic (exact) mass is 214 g/mol. The van der Waals surface area contributed by atoms with Crippen LogP contribution >= 0.6 is 0 Å². The lowest BCUT2D eigenvalue weighted by atomic mass is 10.3. The molecule has 0 saturated heterocycles. The van der Waals surface area contributed by atoms with Crippen LogP contribution in [-0.4, -0.2) is 14.5 Å². The zero-order valence-electron chi connectivity index (χ0n) is 7.34. The SMILES string of the molecule is [C-]#[N+]N=S(=O)(C(C)(C)C)C(F)(F)F. The van der Waals surface area contributed by atoms with Gasteiger partial charge in [0.1, 0.15) is 0 Å². The van der Waals surface area contributed by atoms with E-state index in [9.17, 15) is 17.4 Å². The van der Waals surface area contributed by atoms with Gasteiger partial charge in [-0.1, -0.05) is 0 Å². The number of hydrogen-bond acceptors (Lipinski definition) is 2. The van der Waals surface area contributed by atoms with Gasteiger partial charge < -0.3 is 0 Å². The van der Waals surface area contributed by atoms with E-state index in [1.165, 1.54) is 0 Å². The predicted molar refractivity (Wildman–Crippen MR) is 43.0 cm³/mol. The van der Waals surface area contributed by atoms with Crippen molar-refractivity contribution in [3.8, 4) is 0 Å². The Hall–Kier alpha value is -0.770. The van der Waals surface area contributed by atoms with Gasteiger partial charge in [-0.25, -0.2) is 4.21 Å². The molecule has 0 aromatic heterocycles. The van der Waals surface area contributed by atoms with Gasteiger partial charge in [0, 0.05) is 0 Å². The molecule has 76 valence electrons. The molecule has 0 aliphatic rings. The summed E-state index contributed by atoms with van der Waals surface area (Å²) in [6.45, 7) is 9.61. The van der Waals surface area contributed by atoms with E-state index in [1.54, 1.807) is 0 Å². The zero-order valence-corrected chi connectivity index (χ0v) is 8.16. The van der Waals surface area contributed by atoms with Gasteiger partial charge in [-0.05, 0) is 20.8 Å². The van der Waals surface area contributed by atoms with Crippen molar-refractivity contribution in [2.75, 3.05) is 0 Å². The number of hydrogen-bond donors (Lipinski definition) is 0. The topological polar surface area (TPSA) is 33.8 Å². The zero-order chi connectivity index (χ0) is 10.9. The van der Waals surface area contributed by atoms with Crippen molar-refractivity contribution >= 4 is 9.73 Å². The summed E-state index contributed by atoms with van der Waals surface area (Å²) < 4.78 is 49.1. The number of rotatable bonds is 0. The molecule has 0 heterocycles. The van der Waals surface area contributed by atoms with E-state index in [1.807, 2.05) is 0 Å². The second-order valence-electron chi connectivity index (χ2n) is 3.27. The van der Waals surface area contributed by atoms with Gasteiger partial charge >= 0.3 is 5.51 Å². The van der Waals surface area contributed by atoms with Gasteiger partial charge in [0.05, 0.1) is 4.75 Å². The third-order valence-electron chi connectivity index (χ3n) is 1.30. The quantitative estimate of drug-likeness (QED) is 0.450. The van der Waals surface area contributed by atoms with E-state index in [0.717, 1.165) is 20.8 Å². The molecule has 0 aliphatic carbocycles. The Labute approximate surface area is 74.9 Å². The molecule has 13 heavy (non-hydrogen) atoms. The van der Waals surface area contributed by atoms with Crippen LogP contribution in [0.5, 0.6) is 0 Å². The lowest BCUT2D eigenvalue weighted by molar-refractivity contribution is -0.0417. The van der Waals surface area contributed by atoms with E-state index >= 15 is 0 Å². The molecule has 1 atom stereocenters. The van der Waals surface area contributed by atoms with Crippen molar-refractivity contribution in [2.45, 2.75) is 31.0 Å². The summed E-state index contributed by atoms with van der Waals surface area (Å²) in [6, 6.07) is 0. The summed E-state index contributed by atoms with van der Waals surface area (Å²) in [6.07, 6.45) is 0. The van der Waals surface area contributed by atoms with Crippen LogP contribution in [0.1, 0.15) is 20.8 Å². The van der Waals surface area contributed by atoms with E-state index in [4.69, 9.17) is 6.57 Å². The van der Waals surface area contributed by atoms with Gasteiger partial charge in [-0.15, -0.1) is 4.95 Å². The van der Waals surface area contributed by atoms with Gasteiger partial charge in [0.25, 0.3) is 0 Å². The minimum absolute atomic E-state index is 1.14. The smallest absolute Gasteiger partial charge is 0.233 e. The molecule has 3 nitrogen and oxygen atoms in total. The molecule has 0 aromatic carbocycles. The highest BCUT2D eigenvalue weighted by atomic mass is 32.2. The minimum Gasteiger partial charge on any atom is -0.233 e. The van der Waals surface area contributed by atoms with Crippen LogP contribution < -0.4 is 0 Å². The molecule has 0 saturated carbocycles. The van der Waals surface area contributed by atoms with E-state index in [-0.39, 0.29) is 0 Å². The van der Waals surface area contributed by atoms with Gasteiger partial charge in [0.2, 0.25) is 9.73 Å². The predicted octanol–water partition coefficient (Wildman–Crippen LogP) is 2.61. The Morgan fingerprint density at radius 3 is 1.77 bits per heavy atom. The van der Waals surface area contributed by atoms with Crippen LogP contribution in [0.15, 0.2) is 4.47 Å². The highest BCUT2D eigenvalue weighted by Gasteiger charge is 2.53. The van der Waals surface area contributed by atoms with Crippen LogP contribution in [0.3, 0.4) is 0 Å². The van der Waals surface area contributed by atoms with Crippen molar-refractivity contribution in [3.05, 3.63) is 11.5 Å². The van der Waals surface area contributed by atoms with Crippen molar-refractivity contribution in [1.82, 2.24) is 0 Å². The molecule has 0 radical (unpaired) electrons. The standard InChI is InChI=1S/C6H9F3N2OS/c1-5(2,3)13(12,11-10-4)6(7,8)9/h1-3H3. The molecular formula is C6H9F3N2OS. The molecular weight excluding hydrogens is 205 g/mol. The average molecular weight is 214 g/mol. The number of alkyl halides is 3. The Bertz CT molecular complexity index is 318. The average Bonchev–Trinajstić information content (AvgIpc) is 1.82. The first-order chi connectivity index (χ1) is 5.56. The fourth-order valence-electron chi connectivity index (χ4n) is 0.573. The minimum atomic E-state index is -4.96. The van der Waals surface area contributed by atoms with E-state index < -0.39 is 20.0 Å². The lowest BCUT2D eigenvalue weighted by Crippen LogP contribution is -2.38. The molecule has 0 amide bonds. The van der Waals surface area contributed by atoms with E-state index in [2.05, 4.69) is 9.43 Å². The molecule has 0 spiro atoms. The Balaban J connectivity index is 5.71. The van der Waals surface area contributed by atoms with Gasteiger partial charge in [0.15, 0.2) is 4.47 Å². The van der Waals surface area contributed by atoms with Crippen LogP contribution in [-0.2, 0) is 9.73 Å². The molecule has 0 bridgehead atoms. The Kier molecular flexibility index (Phi) is 2.99. The molecule has 7 heteroatoms. The first kappa shape index (κ1) is 12.2. The van der Waals surface area contributed by atoms with Crippen molar-refractivity contribution in [1.29, 1.82) is 0 Å². The Morgan fingerprint density at radius 1 is 1.31 bits per heavy atom. The summed E-state index contributed by atoms with van der Waals surface area (Å²) in [5.41, 5.74) is -4.96. The normalized spacial score (nSPS) is 17.3. The van der Waals surface area contributed by atoms with Gasteiger partial charge in [-0.2, -0.15) is 19.7 Å². The third kappa shape index (κ3) is 2.12. The maximum atomic E-state index is 12.3. The summed E-state index contributed by atoms with van der Waals surface area (Å²) >= 11 is 0. The summed E-state index contributed by atoms with van der Waals surface area (Å²) in [7, 11) is -4.50. The molecule has 0 aromatic rings. The fraction of sp³-hybridized carbons (Fsp3) is 0.833. The Morgan fingerprint density at radius 2 is 1.69 bits per heavy atom. The van der Waals surface area contributed by atoms with Gasteiger partial charge in [-0.3, -0.25) is 0 Å². The molecule has 0 N–H and O–H groups in total. The van der Waals surface area contributed by atoms with Crippen molar-refractivity contribution in [2.24, 2.45) is 4.47 Å². The maximum Gasteiger partial charge on any atom is 0.486 e. The number of nitrogens with zero attached hydrogens (tertiary/aromatic N) is 2. The first-order valence-electron chi connectivity index (χ1n) is 3.25. The van der Waals surface area contributed by atoms with Crippen LogP contribution in [0.2, 0.25) is 0 Å². The largest absolute Gasteiger partial charge is 0.486 e. The van der Waals surface area contributed by atoms with Crippen LogP contribution in [0, 0.1) is 6.57 Å². The van der Waals surface area contributed by atoms with E-state index in [0.29, 0.717) is 0 Å². The van der Waals surface area contributed by atoms with Crippen molar-refractivity contribution in [3.63, 3.8) is 0 Å². The second kappa shape index (κ2) is 3.18.